The van der Waals surface area contributed by atoms with Crippen LogP contribution < -0.4 is 10.6 Å². The Kier molecular flexibility index (Phi) is 3.22. The SMILES string of the molecule is CC1CCNC(C(=O)Nc2nnns2)C1. The van der Waals surface area contributed by atoms with E-state index in [1.165, 1.54) is 0 Å². The van der Waals surface area contributed by atoms with Gasteiger partial charge in [0.2, 0.25) is 11.0 Å². The summed E-state index contributed by atoms with van der Waals surface area (Å²) in [7, 11) is 0. The van der Waals surface area contributed by atoms with E-state index in [1.54, 1.807) is 0 Å². The molecule has 1 amide bonds. The number of anilines is 1. The van der Waals surface area contributed by atoms with E-state index in [9.17, 15) is 4.79 Å². The van der Waals surface area contributed by atoms with Crippen LogP contribution in [-0.2, 0) is 4.79 Å². The van der Waals surface area contributed by atoms with Gasteiger partial charge >= 0.3 is 0 Å². The molecule has 2 atom stereocenters. The van der Waals surface area contributed by atoms with Crippen LogP contribution in [0.5, 0.6) is 0 Å². The highest BCUT2D eigenvalue weighted by molar-refractivity contribution is 7.09. The molecule has 0 aromatic carbocycles. The van der Waals surface area contributed by atoms with Crippen LogP contribution in [-0.4, -0.2) is 33.3 Å². The average molecular weight is 227 g/mol. The molecule has 1 aliphatic heterocycles. The zero-order chi connectivity index (χ0) is 10.7. The molecule has 1 aliphatic rings. The summed E-state index contributed by atoms with van der Waals surface area (Å²) in [6.07, 6.45) is 2.00. The summed E-state index contributed by atoms with van der Waals surface area (Å²) >= 11 is 1.08. The van der Waals surface area contributed by atoms with E-state index in [-0.39, 0.29) is 11.9 Å². The topological polar surface area (TPSA) is 79.8 Å². The van der Waals surface area contributed by atoms with Gasteiger partial charge in [-0.3, -0.25) is 10.1 Å². The van der Waals surface area contributed by atoms with Crippen molar-refractivity contribution < 1.29 is 4.79 Å². The summed E-state index contributed by atoms with van der Waals surface area (Å²) in [4.78, 5) is 11.7. The summed E-state index contributed by atoms with van der Waals surface area (Å²) in [6, 6.07) is -0.113. The van der Waals surface area contributed by atoms with Crippen LogP contribution in [0.2, 0.25) is 0 Å². The van der Waals surface area contributed by atoms with Crippen molar-refractivity contribution in [2.45, 2.75) is 25.8 Å². The molecular formula is C8H13N5OS. The lowest BCUT2D eigenvalue weighted by Crippen LogP contribution is -2.45. The van der Waals surface area contributed by atoms with Crippen LogP contribution in [0.3, 0.4) is 0 Å². The number of nitrogens with zero attached hydrogens (tertiary/aromatic N) is 3. The summed E-state index contributed by atoms with van der Waals surface area (Å²) in [5, 5.41) is 13.4. The normalized spacial score (nSPS) is 26.2. The highest BCUT2D eigenvalue weighted by Crippen LogP contribution is 2.16. The molecule has 2 N–H and O–H groups in total. The van der Waals surface area contributed by atoms with Crippen molar-refractivity contribution >= 4 is 22.6 Å². The van der Waals surface area contributed by atoms with E-state index < -0.39 is 0 Å². The first-order valence-corrected chi connectivity index (χ1v) is 5.72. The molecule has 0 radical (unpaired) electrons. The minimum atomic E-state index is -0.113. The van der Waals surface area contributed by atoms with Crippen molar-refractivity contribution in [2.75, 3.05) is 11.9 Å². The highest BCUT2D eigenvalue weighted by Gasteiger charge is 2.24. The van der Waals surface area contributed by atoms with Gasteiger partial charge in [-0.25, -0.2) is 0 Å². The molecular weight excluding hydrogens is 214 g/mol. The molecule has 2 unspecified atom stereocenters. The van der Waals surface area contributed by atoms with Crippen LogP contribution in [0.4, 0.5) is 5.13 Å². The van der Waals surface area contributed by atoms with Gasteiger partial charge in [-0.15, -0.1) is 0 Å². The van der Waals surface area contributed by atoms with E-state index in [0.29, 0.717) is 11.0 Å². The number of carbonyl (C=O) groups is 1. The van der Waals surface area contributed by atoms with Crippen molar-refractivity contribution in [1.82, 2.24) is 20.1 Å². The van der Waals surface area contributed by atoms with E-state index >= 15 is 0 Å². The van der Waals surface area contributed by atoms with Gasteiger partial charge in [0.25, 0.3) is 0 Å². The van der Waals surface area contributed by atoms with E-state index in [1.807, 2.05) is 0 Å². The minimum absolute atomic E-state index is 0.0416. The highest BCUT2D eigenvalue weighted by atomic mass is 32.1. The number of aromatic nitrogens is 3. The second-order valence-electron chi connectivity index (χ2n) is 3.79. The van der Waals surface area contributed by atoms with Gasteiger partial charge in [-0.2, -0.15) is 0 Å². The van der Waals surface area contributed by atoms with Crippen molar-refractivity contribution in [3.8, 4) is 0 Å². The lowest BCUT2D eigenvalue weighted by atomic mass is 9.94. The predicted molar refractivity (Wildman–Crippen MR) is 56.5 cm³/mol. The molecule has 15 heavy (non-hydrogen) atoms. The quantitative estimate of drug-likeness (QED) is 0.757. The fraction of sp³-hybridized carbons (Fsp3) is 0.750. The van der Waals surface area contributed by atoms with Gasteiger partial charge in [-0.1, -0.05) is 16.5 Å². The number of nitrogens with one attached hydrogen (secondary N) is 2. The number of carbonyl (C=O) groups excluding carboxylic acids is 1. The maximum Gasteiger partial charge on any atom is 0.243 e. The van der Waals surface area contributed by atoms with Gasteiger partial charge in [-0.05, 0) is 30.5 Å². The molecule has 0 aliphatic carbocycles. The Morgan fingerprint density at radius 3 is 3.20 bits per heavy atom. The summed E-state index contributed by atoms with van der Waals surface area (Å²) < 4.78 is 3.58. The molecule has 0 bridgehead atoms. The first-order chi connectivity index (χ1) is 7.25. The zero-order valence-corrected chi connectivity index (χ0v) is 9.25. The molecule has 82 valence electrons. The Morgan fingerprint density at radius 1 is 1.67 bits per heavy atom. The third-order valence-corrected chi connectivity index (χ3v) is 3.02. The minimum Gasteiger partial charge on any atom is -0.306 e. The Hall–Kier alpha value is -1.08. The van der Waals surface area contributed by atoms with E-state index in [0.717, 1.165) is 30.9 Å². The molecule has 0 saturated carbocycles. The first kappa shape index (κ1) is 10.4. The van der Waals surface area contributed by atoms with Gasteiger partial charge in [0.05, 0.1) is 6.04 Å². The second-order valence-corrected chi connectivity index (χ2v) is 4.53. The average Bonchev–Trinajstić information content (AvgIpc) is 2.70. The van der Waals surface area contributed by atoms with Crippen LogP contribution in [0, 0.1) is 5.92 Å². The third-order valence-electron chi connectivity index (χ3n) is 2.51. The lowest BCUT2D eigenvalue weighted by molar-refractivity contribution is -0.119. The first-order valence-electron chi connectivity index (χ1n) is 4.95. The maximum atomic E-state index is 11.7. The number of rotatable bonds is 2. The lowest BCUT2D eigenvalue weighted by Gasteiger charge is -2.26. The van der Waals surface area contributed by atoms with E-state index in [4.69, 9.17) is 0 Å². The van der Waals surface area contributed by atoms with Gasteiger partial charge < -0.3 is 5.32 Å². The Labute approximate surface area is 91.6 Å². The number of piperidine rings is 1. The smallest absolute Gasteiger partial charge is 0.243 e. The van der Waals surface area contributed by atoms with E-state index in [2.05, 4.69) is 32.4 Å². The van der Waals surface area contributed by atoms with Gasteiger partial charge in [0.15, 0.2) is 0 Å². The summed E-state index contributed by atoms with van der Waals surface area (Å²) in [6.45, 7) is 3.06. The molecule has 1 fully saturated rings. The number of hydrogen-bond acceptors (Lipinski definition) is 6. The predicted octanol–water partition coefficient (Wildman–Crippen LogP) is 0.260. The zero-order valence-electron chi connectivity index (χ0n) is 8.43. The number of amides is 1. The second kappa shape index (κ2) is 4.63. The molecule has 6 nitrogen and oxygen atoms in total. The molecule has 2 heterocycles. The Bertz CT molecular complexity index is 328. The molecule has 0 spiro atoms. The van der Waals surface area contributed by atoms with Crippen LogP contribution >= 0.6 is 11.5 Å². The van der Waals surface area contributed by atoms with Crippen LogP contribution in [0.15, 0.2) is 0 Å². The van der Waals surface area contributed by atoms with Gasteiger partial charge in [0, 0.05) is 11.5 Å². The van der Waals surface area contributed by atoms with Crippen molar-refractivity contribution in [2.24, 2.45) is 5.92 Å². The standard InChI is InChI=1S/C8H13N5OS/c1-5-2-3-9-6(4-5)7(14)10-8-11-12-13-15-8/h5-6,9H,2-4H2,1H3,(H,10,11,13,14). The van der Waals surface area contributed by atoms with Crippen LogP contribution in [0.1, 0.15) is 19.8 Å². The van der Waals surface area contributed by atoms with Crippen molar-refractivity contribution in [3.05, 3.63) is 0 Å². The Morgan fingerprint density at radius 2 is 2.53 bits per heavy atom. The molecule has 1 aromatic heterocycles. The molecule has 7 heteroatoms. The fourth-order valence-electron chi connectivity index (χ4n) is 1.68. The molecule has 2 rings (SSSR count). The fourth-order valence-corrected chi connectivity index (χ4v) is 2.05. The van der Waals surface area contributed by atoms with Crippen molar-refractivity contribution in [3.63, 3.8) is 0 Å². The monoisotopic (exact) mass is 227 g/mol. The van der Waals surface area contributed by atoms with Crippen molar-refractivity contribution in [1.29, 1.82) is 0 Å². The number of hydrogen-bond donors (Lipinski definition) is 2. The summed E-state index contributed by atoms with van der Waals surface area (Å²) in [5.74, 6) is 0.551. The molecule has 1 aromatic rings. The van der Waals surface area contributed by atoms with Crippen LogP contribution in [0.25, 0.3) is 0 Å². The Balaban J connectivity index is 1.90. The molecule has 1 saturated heterocycles. The van der Waals surface area contributed by atoms with Gasteiger partial charge in [0.1, 0.15) is 0 Å². The largest absolute Gasteiger partial charge is 0.306 e. The summed E-state index contributed by atoms with van der Waals surface area (Å²) in [5.41, 5.74) is 0. The maximum absolute atomic E-state index is 11.7. The third kappa shape index (κ3) is 2.69.